The van der Waals surface area contributed by atoms with Crippen LogP contribution in [0.5, 0.6) is 0 Å². The SMILES string of the molecule is CC(CC1CCCCN1)Nc1cccnc1N1CCCC1. The third kappa shape index (κ3) is 3.88. The Labute approximate surface area is 128 Å². The molecule has 2 saturated heterocycles. The van der Waals surface area contributed by atoms with Crippen LogP contribution in [0.3, 0.4) is 0 Å². The maximum absolute atomic E-state index is 4.61. The van der Waals surface area contributed by atoms with Crippen molar-refractivity contribution in [3.8, 4) is 0 Å². The van der Waals surface area contributed by atoms with E-state index in [0.29, 0.717) is 12.1 Å². The minimum Gasteiger partial charge on any atom is -0.380 e. The number of hydrogen-bond donors (Lipinski definition) is 2. The molecule has 0 spiro atoms. The molecule has 4 nitrogen and oxygen atoms in total. The highest BCUT2D eigenvalue weighted by Gasteiger charge is 2.19. The van der Waals surface area contributed by atoms with Gasteiger partial charge in [-0.2, -0.15) is 0 Å². The maximum atomic E-state index is 4.61. The van der Waals surface area contributed by atoms with Gasteiger partial charge in [0.05, 0.1) is 5.69 Å². The lowest BCUT2D eigenvalue weighted by Gasteiger charge is -2.28. The van der Waals surface area contributed by atoms with Gasteiger partial charge in [0.25, 0.3) is 0 Å². The van der Waals surface area contributed by atoms with Crippen molar-refractivity contribution in [2.75, 3.05) is 29.9 Å². The average molecular weight is 288 g/mol. The van der Waals surface area contributed by atoms with Crippen LogP contribution in [0.1, 0.15) is 45.4 Å². The number of nitrogens with one attached hydrogen (secondary N) is 2. The first-order chi connectivity index (χ1) is 10.3. The molecule has 3 rings (SSSR count). The van der Waals surface area contributed by atoms with Gasteiger partial charge < -0.3 is 15.5 Å². The predicted molar refractivity (Wildman–Crippen MR) is 89.0 cm³/mol. The van der Waals surface area contributed by atoms with Gasteiger partial charge >= 0.3 is 0 Å². The van der Waals surface area contributed by atoms with Gasteiger partial charge in [-0.05, 0) is 57.7 Å². The molecule has 2 atom stereocenters. The van der Waals surface area contributed by atoms with E-state index in [1.807, 2.05) is 12.3 Å². The quantitative estimate of drug-likeness (QED) is 0.874. The minimum atomic E-state index is 0.478. The molecule has 21 heavy (non-hydrogen) atoms. The van der Waals surface area contributed by atoms with E-state index in [-0.39, 0.29) is 0 Å². The Kier molecular flexibility index (Phi) is 4.96. The number of rotatable bonds is 5. The first-order valence-electron chi connectivity index (χ1n) is 8.53. The fourth-order valence-electron chi connectivity index (χ4n) is 3.57. The molecule has 0 amide bonds. The van der Waals surface area contributed by atoms with Gasteiger partial charge in [-0.3, -0.25) is 0 Å². The molecule has 2 N–H and O–H groups in total. The zero-order valence-corrected chi connectivity index (χ0v) is 13.1. The Balaban J connectivity index is 1.60. The number of nitrogens with zero attached hydrogens (tertiary/aromatic N) is 2. The van der Waals surface area contributed by atoms with Crippen LogP contribution in [0.15, 0.2) is 18.3 Å². The second-order valence-corrected chi connectivity index (χ2v) is 6.50. The van der Waals surface area contributed by atoms with Crippen LogP contribution in [0, 0.1) is 0 Å². The molecule has 0 saturated carbocycles. The molecular formula is C17H28N4. The number of piperidine rings is 1. The maximum Gasteiger partial charge on any atom is 0.151 e. The summed E-state index contributed by atoms with van der Waals surface area (Å²) in [6.45, 7) is 5.76. The first kappa shape index (κ1) is 14.6. The Hall–Kier alpha value is -1.29. The average Bonchev–Trinajstić information content (AvgIpc) is 3.03. The molecule has 4 heteroatoms. The number of aromatic nitrogens is 1. The van der Waals surface area contributed by atoms with Crippen LogP contribution in [0.2, 0.25) is 0 Å². The van der Waals surface area contributed by atoms with Crippen molar-refractivity contribution in [2.24, 2.45) is 0 Å². The van der Waals surface area contributed by atoms with Gasteiger partial charge in [0.15, 0.2) is 5.82 Å². The summed E-state index contributed by atoms with van der Waals surface area (Å²) in [4.78, 5) is 7.02. The number of hydrogen-bond acceptors (Lipinski definition) is 4. The molecular weight excluding hydrogens is 260 g/mol. The van der Waals surface area contributed by atoms with Crippen molar-refractivity contribution < 1.29 is 0 Å². The van der Waals surface area contributed by atoms with Crippen molar-refractivity contribution in [3.05, 3.63) is 18.3 Å². The van der Waals surface area contributed by atoms with E-state index >= 15 is 0 Å². The van der Waals surface area contributed by atoms with E-state index in [9.17, 15) is 0 Å². The lowest BCUT2D eigenvalue weighted by Crippen LogP contribution is -2.37. The fraction of sp³-hybridized carbons (Fsp3) is 0.706. The van der Waals surface area contributed by atoms with Crippen LogP contribution in [0.4, 0.5) is 11.5 Å². The van der Waals surface area contributed by atoms with E-state index in [1.165, 1.54) is 50.8 Å². The lowest BCUT2D eigenvalue weighted by molar-refractivity contribution is 0.371. The van der Waals surface area contributed by atoms with Crippen LogP contribution < -0.4 is 15.5 Å². The number of pyridine rings is 1. The second kappa shape index (κ2) is 7.12. The molecule has 3 heterocycles. The van der Waals surface area contributed by atoms with E-state index in [1.54, 1.807) is 0 Å². The normalized spacial score (nSPS) is 24.0. The third-order valence-electron chi connectivity index (χ3n) is 4.64. The summed E-state index contributed by atoms with van der Waals surface area (Å²) in [7, 11) is 0. The Morgan fingerprint density at radius 2 is 2.19 bits per heavy atom. The summed E-state index contributed by atoms with van der Waals surface area (Å²) in [5.41, 5.74) is 1.20. The van der Waals surface area contributed by atoms with Crippen molar-refractivity contribution in [3.63, 3.8) is 0 Å². The third-order valence-corrected chi connectivity index (χ3v) is 4.64. The van der Waals surface area contributed by atoms with Crippen LogP contribution in [-0.2, 0) is 0 Å². The molecule has 116 valence electrons. The summed E-state index contributed by atoms with van der Waals surface area (Å²) in [5.74, 6) is 1.14. The Morgan fingerprint density at radius 1 is 1.33 bits per heavy atom. The van der Waals surface area contributed by atoms with Crippen molar-refractivity contribution in [1.82, 2.24) is 10.3 Å². The minimum absolute atomic E-state index is 0.478. The smallest absolute Gasteiger partial charge is 0.151 e. The van der Waals surface area contributed by atoms with Crippen LogP contribution >= 0.6 is 0 Å². The largest absolute Gasteiger partial charge is 0.380 e. The van der Waals surface area contributed by atoms with Crippen molar-refractivity contribution in [1.29, 1.82) is 0 Å². The second-order valence-electron chi connectivity index (χ2n) is 6.50. The molecule has 2 aliphatic heterocycles. The highest BCUT2D eigenvalue weighted by molar-refractivity contribution is 5.66. The van der Waals surface area contributed by atoms with Crippen molar-refractivity contribution >= 4 is 11.5 Å². The first-order valence-corrected chi connectivity index (χ1v) is 8.53. The zero-order chi connectivity index (χ0) is 14.5. The van der Waals surface area contributed by atoms with E-state index in [2.05, 4.69) is 33.5 Å². The van der Waals surface area contributed by atoms with Gasteiger partial charge in [0.2, 0.25) is 0 Å². The molecule has 0 radical (unpaired) electrons. The monoisotopic (exact) mass is 288 g/mol. The molecule has 1 aromatic rings. The predicted octanol–water partition coefficient (Wildman–Crippen LogP) is 3.01. The van der Waals surface area contributed by atoms with Crippen LogP contribution in [-0.4, -0.2) is 36.7 Å². The molecule has 2 unspecified atom stereocenters. The Bertz CT molecular complexity index is 436. The summed E-state index contributed by atoms with van der Waals surface area (Å²) in [6.07, 6.45) is 9.70. The molecule has 1 aromatic heterocycles. The van der Waals surface area contributed by atoms with Crippen LogP contribution in [0.25, 0.3) is 0 Å². The lowest BCUT2D eigenvalue weighted by atomic mass is 9.99. The Morgan fingerprint density at radius 3 is 2.95 bits per heavy atom. The molecule has 0 bridgehead atoms. The van der Waals surface area contributed by atoms with Gasteiger partial charge in [-0.1, -0.05) is 6.42 Å². The van der Waals surface area contributed by atoms with Crippen molar-refractivity contribution in [2.45, 2.75) is 57.5 Å². The highest BCUT2D eigenvalue weighted by atomic mass is 15.2. The summed E-state index contributed by atoms with van der Waals surface area (Å²) in [6, 6.07) is 5.36. The van der Waals surface area contributed by atoms with E-state index < -0.39 is 0 Å². The zero-order valence-electron chi connectivity index (χ0n) is 13.1. The molecule has 0 aliphatic carbocycles. The van der Waals surface area contributed by atoms with E-state index in [4.69, 9.17) is 0 Å². The molecule has 0 aromatic carbocycles. The van der Waals surface area contributed by atoms with Gasteiger partial charge in [-0.15, -0.1) is 0 Å². The summed E-state index contributed by atoms with van der Waals surface area (Å²) < 4.78 is 0. The fourth-order valence-corrected chi connectivity index (χ4v) is 3.57. The standard InChI is InChI=1S/C17H28N4/c1-14(13-15-7-2-3-9-18-15)20-16-8-6-10-19-17(16)21-11-4-5-12-21/h6,8,10,14-15,18,20H,2-5,7,9,11-13H2,1H3. The highest BCUT2D eigenvalue weighted by Crippen LogP contribution is 2.27. The summed E-state index contributed by atoms with van der Waals surface area (Å²) >= 11 is 0. The van der Waals surface area contributed by atoms with Gasteiger partial charge in [0.1, 0.15) is 0 Å². The number of anilines is 2. The van der Waals surface area contributed by atoms with Gasteiger partial charge in [0, 0.05) is 31.4 Å². The topological polar surface area (TPSA) is 40.2 Å². The summed E-state index contributed by atoms with van der Waals surface area (Å²) in [5, 5.41) is 7.33. The molecule has 2 aliphatic rings. The molecule has 2 fully saturated rings. The van der Waals surface area contributed by atoms with E-state index in [0.717, 1.165) is 18.9 Å². The van der Waals surface area contributed by atoms with Gasteiger partial charge in [-0.25, -0.2) is 4.98 Å².